The summed E-state index contributed by atoms with van der Waals surface area (Å²) in [5, 5.41) is 0. The maximum Gasteiger partial charge on any atom is 0.346 e. The van der Waals surface area contributed by atoms with Crippen molar-refractivity contribution in [3.63, 3.8) is 0 Å². The molecule has 0 spiro atoms. The molecule has 0 fully saturated rings. The van der Waals surface area contributed by atoms with Gasteiger partial charge in [0.05, 0.1) is 12.8 Å². The summed E-state index contributed by atoms with van der Waals surface area (Å²) in [4.78, 5) is 32.2. The topological polar surface area (TPSA) is 75.3 Å². The summed E-state index contributed by atoms with van der Waals surface area (Å²) in [5.74, 6) is 0.507. The number of ether oxygens (including phenoxy) is 1. The molecule has 1 N–H and O–H groups in total. The van der Waals surface area contributed by atoms with Gasteiger partial charge in [-0.25, -0.2) is 4.79 Å². The lowest BCUT2D eigenvalue weighted by Gasteiger charge is -2.18. The van der Waals surface area contributed by atoms with Gasteiger partial charge in [-0.05, 0) is 44.2 Å². The van der Waals surface area contributed by atoms with E-state index in [2.05, 4.69) is 9.97 Å². The molecule has 0 radical (unpaired) electrons. The molecule has 0 aliphatic carbocycles. The molecule has 1 aromatic heterocycles. The molecular weight excluding hydrogens is 282 g/mol. The van der Waals surface area contributed by atoms with Gasteiger partial charge in [-0.2, -0.15) is 4.98 Å². The van der Waals surface area contributed by atoms with Gasteiger partial charge in [0.25, 0.3) is 5.91 Å². The van der Waals surface area contributed by atoms with Gasteiger partial charge in [-0.1, -0.05) is 0 Å². The van der Waals surface area contributed by atoms with Crippen molar-refractivity contribution in [3.05, 3.63) is 46.5 Å². The number of methoxy groups -OCH3 is 1. The van der Waals surface area contributed by atoms with Crippen molar-refractivity contribution in [2.24, 2.45) is 0 Å². The van der Waals surface area contributed by atoms with E-state index in [1.807, 2.05) is 13.8 Å². The Morgan fingerprint density at radius 3 is 2.41 bits per heavy atom. The van der Waals surface area contributed by atoms with Crippen LogP contribution in [0.3, 0.4) is 0 Å². The summed E-state index contributed by atoms with van der Waals surface area (Å²) >= 11 is 0. The van der Waals surface area contributed by atoms with E-state index in [9.17, 15) is 9.59 Å². The van der Waals surface area contributed by atoms with Crippen molar-refractivity contribution in [2.75, 3.05) is 20.2 Å². The minimum absolute atomic E-state index is 0.209. The first kappa shape index (κ1) is 15.8. The zero-order valence-corrected chi connectivity index (χ0v) is 12.9. The number of carbonyl (C=O) groups excluding carboxylic acids is 1. The Bertz CT molecular complexity index is 703. The van der Waals surface area contributed by atoms with Gasteiger partial charge in [0, 0.05) is 18.7 Å². The van der Waals surface area contributed by atoms with Crippen molar-refractivity contribution in [1.82, 2.24) is 14.9 Å². The van der Waals surface area contributed by atoms with E-state index in [0.29, 0.717) is 24.5 Å². The van der Waals surface area contributed by atoms with Crippen LogP contribution in [-0.2, 0) is 0 Å². The van der Waals surface area contributed by atoms with Gasteiger partial charge in [0.1, 0.15) is 11.4 Å². The Morgan fingerprint density at radius 2 is 1.86 bits per heavy atom. The normalized spacial score (nSPS) is 10.3. The number of H-pyrrole nitrogens is 1. The molecule has 0 aliphatic rings. The molecule has 6 heteroatoms. The maximum absolute atomic E-state index is 12.4. The van der Waals surface area contributed by atoms with Gasteiger partial charge in [-0.3, -0.25) is 4.79 Å². The van der Waals surface area contributed by atoms with Crippen molar-refractivity contribution in [3.8, 4) is 17.0 Å². The fourth-order valence-electron chi connectivity index (χ4n) is 2.16. The minimum atomic E-state index is -0.538. The molecular formula is C16H19N3O3. The molecule has 0 bridgehead atoms. The molecule has 116 valence electrons. The van der Waals surface area contributed by atoms with Gasteiger partial charge >= 0.3 is 5.69 Å². The SMILES string of the molecule is CCN(CC)C(=O)c1cc(-c2ccc(OC)cc2)nc(=O)[nH]1. The molecule has 6 nitrogen and oxygen atoms in total. The maximum atomic E-state index is 12.4. The Kier molecular flexibility index (Phi) is 4.93. The average Bonchev–Trinajstić information content (AvgIpc) is 2.55. The van der Waals surface area contributed by atoms with E-state index in [0.717, 1.165) is 5.56 Å². The Balaban J connectivity index is 2.41. The van der Waals surface area contributed by atoms with Crippen LogP contribution < -0.4 is 10.4 Å². The molecule has 2 rings (SSSR count). The number of amides is 1. The molecule has 0 aliphatic heterocycles. The van der Waals surface area contributed by atoms with E-state index in [1.54, 1.807) is 42.3 Å². The summed E-state index contributed by atoms with van der Waals surface area (Å²) < 4.78 is 5.10. The van der Waals surface area contributed by atoms with Crippen molar-refractivity contribution in [2.45, 2.75) is 13.8 Å². The smallest absolute Gasteiger partial charge is 0.346 e. The molecule has 2 aromatic rings. The van der Waals surface area contributed by atoms with Crippen LogP contribution in [0.25, 0.3) is 11.3 Å². The number of rotatable bonds is 5. The highest BCUT2D eigenvalue weighted by molar-refractivity contribution is 5.93. The van der Waals surface area contributed by atoms with Crippen LogP contribution in [-0.4, -0.2) is 41.0 Å². The van der Waals surface area contributed by atoms with Gasteiger partial charge in [0.15, 0.2) is 0 Å². The van der Waals surface area contributed by atoms with E-state index < -0.39 is 5.69 Å². The Labute approximate surface area is 128 Å². The molecule has 1 heterocycles. The van der Waals surface area contributed by atoms with Gasteiger partial charge < -0.3 is 14.6 Å². The van der Waals surface area contributed by atoms with Crippen molar-refractivity contribution >= 4 is 5.91 Å². The molecule has 0 saturated carbocycles. The predicted octanol–water partition coefficient (Wildman–Crippen LogP) is 1.93. The van der Waals surface area contributed by atoms with E-state index in [1.165, 1.54) is 0 Å². The number of carbonyl (C=O) groups is 1. The highest BCUT2D eigenvalue weighted by atomic mass is 16.5. The third kappa shape index (κ3) is 3.33. The largest absolute Gasteiger partial charge is 0.497 e. The monoisotopic (exact) mass is 301 g/mol. The van der Waals surface area contributed by atoms with Crippen LogP contribution >= 0.6 is 0 Å². The quantitative estimate of drug-likeness (QED) is 0.915. The number of benzene rings is 1. The van der Waals surface area contributed by atoms with Crippen molar-refractivity contribution in [1.29, 1.82) is 0 Å². The lowest BCUT2D eigenvalue weighted by Crippen LogP contribution is -2.32. The molecule has 1 aromatic carbocycles. The lowest BCUT2D eigenvalue weighted by atomic mass is 10.1. The second-order valence-electron chi connectivity index (χ2n) is 4.69. The molecule has 0 saturated heterocycles. The molecule has 0 unspecified atom stereocenters. The first-order chi connectivity index (χ1) is 10.6. The number of nitrogens with zero attached hydrogens (tertiary/aromatic N) is 2. The van der Waals surface area contributed by atoms with Gasteiger partial charge in [-0.15, -0.1) is 0 Å². The van der Waals surface area contributed by atoms with Crippen LogP contribution in [0, 0.1) is 0 Å². The van der Waals surface area contributed by atoms with Crippen LogP contribution in [0.1, 0.15) is 24.3 Å². The zero-order valence-electron chi connectivity index (χ0n) is 12.9. The Hall–Kier alpha value is -2.63. The number of nitrogens with one attached hydrogen (secondary N) is 1. The van der Waals surface area contributed by atoms with Crippen molar-refractivity contribution < 1.29 is 9.53 Å². The third-order valence-electron chi connectivity index (χ3n) is 3.41. The van der Waals surface area contributed by atoms with Crippen LogP contribution in [0.5, 0.6) is 5.75 Å². The average molecular weight is 301 g/mol. The zero-order chi connectivity index (χ0) is 16.1. The second kappa shape index (κ2) is 6.89. The molecule has 0 atom stereocenters. The fraction of sp³-hybridized carbons (Fsp3) is 0.312. The van der Waals surface area contributed by atoms with E-state index in [-0.39, 0.29) is 11.6 Å². The number of hydrogen-bond acceptors (Lipinski definition) is 4. The van der Waals surface area contributed by atoms with Crippen LogP contribution in [0.15, 0.2) is 35.1 Å². The standard InChI is InChI=1S/C16H19N3O3/c1-4-19(5-2)15(20)14-10-13(17-16(21)18-14)11-6-8-12(22-3)9-7-11/h6-10H,4-5H2,1-3H3,(H,17,18,21). The molecule has 22 heavy (non-hydrogen) atoms. The summed E-state index contributed by atoms with van der Waals surface area (Å²) in [6.45, 7) is 4.95. The van der Waals surface area contributed by atoms with E-state index in [4.69, 9.17) is 4.74 Å². The first-order valence-electron chi connectivity index (χ1n) is 7.14. The summed E-state index contributed by atoms with van der Waals surface area (Å²) in [6.07, 6.45) is 0. The fourth-order valence-corrected chi connectivity index (χ4v) is 2.16. The number of aromatic nitrogens is 2. The minimum Gasteiger partial charge on any atom is -0.497 e. The third-order valence-corrected chi connectivity index (χ3v) is 3.41. The summed E-state index contributed by atoms with van der Waals surface area (Å²) in [5.41, 5.74) is 0.917. The van der Waals surface area contributed by atoms with E-state index >= 15 is 0 Å². The van der Waals surface area contributed by atoms with Crippen LogP contribution in [0.2, 0.25) is 0 Å². The van der Waals surface area contributed by atoms with Crippen LogP contribution in [0.4, 0.5) is 0 Å². The Morgan fingerprint density at radius 1 is 1.23 bits per heavy atom. The second-order valence-corrected chi connectivity index (χ2v) is 4.69. The first-order valence-corrected chi connectivity index (χ1v) is 7.14. The number of hydrogen-bond donors (Lipinski definition) is 1. The summed E-state index contributed by atoms with van der Waals surface area (Å²) in [7, 11) is 1.58. The highest BCUT2D eigenvalue weighted by Gasteiger charge is 2.15. The molecule has 1 amide bonds. The van der Waals surface area contributed by atoms with Gasteiger partial charge in [0.2, 0.25) is 0 Å². The lowest BCUT2D eigenvalue weighted by molar-refractivity contribution is 0.0766. The number of aromatic amines is 1. The highest BCUT2D eigenvalue weighted by Crippen LogP contribution is 2.20. The summed E-state index contributed by atoms with van der Waals surface area (Å²) in [6, 6.07) is 8.76. The predicted molar refractivity (Wildman–Crippen MR) is 84.1 cm³/mol.